The van der Waals surface area contributed by atoms with Gasteiger partial charge in [0.25, 0.3) is 10.0 Å². The molecule has 1 aromatic heterocycles. The van der Waals surface area contributed by atoms with Gasteiger partial charge in [-0.25, -0.2) is 8.42 Å². The van der Waals surface area contributed by atoms with Crippen molar-refractivity contribution < 1.29 is 8.42 Å². The van der Waals surface area contributed by atoms with Crippen molar-refractivity contribution in [3.63, 3.8) is 0 Å². The molecule has 2 heterocycles. The molecule has 0 bridgehead atoms. The topological polar surface area (TPSA) is 63.4 Å². The van der Waals surface area contributed by atoms with E-state index in [-0.39, 0.29) is 4.99 Å². The average molecular weight is 333 g/mol. The Bertz CT molecular complexity index is 585. The van der Waals surface area contributed by atoms with Crippen molar-refractivity contribution in [2.24, 2.45) is 17.6 Å². The Kier molecular flexibility index (Phi) is 4.84. The van der Waals surface area contributed by atoms with E-state index in [9.17, 15) is 8.42 Å². The molecule has 0 aromatic carbocycles. The Balaban J connectivity index is 2.13. The number of thiophene rings is 1. The lowest BCUT2D eigenvalue weighted by Crippen LogP contribution is -2.39. The molecular weight excluding hydrogens is 312 g/mol. The molecule has 1 aromatic rings. The van der Waals surface area contributed by atoms with Crippen LogP contribution in [0.5, 0.6) is 0 Å². The molecule has 4 nitrogen and oxygen atoms in total. The van der Waals surface area contributed by atoms with Crippen molar-refractivity contribution in [2.45, 2.75) is 30.9 Å². The molecule has 1 fully saturated rings. The lowest BCUT2D eigenvalue weighted by molar-refractivity contribution is 0.227. The molecule has 20 heavy (non-hydrogen) atoms. The molecule has 0 amide bonds. The molecule has 1 aliphatic rings. The Morgan fingerprint density at radius 2 is 2.00 bits per heavy atom. The van der Waals surface area contributed by atoms with E-state index in [2.05, 4.69) is 13.8 Å². The summed E-state index contributed by atoms with van der Waals surface area (Å²) in [5.74, 6) is 1.24. The fourth-order valence-corrected chi connectivity index (χ4v) is 5.48. The first-order valence-corrected chi connectivity index (χ1v) is 9.38. The number of nitrogens with two attached hydrogens (primary N) is 1. The molecule has 7 heteroatoms. The fraction of sp³-hybridized carbons (Fsp3) is 0.615. The molecule has 0 unspecified atom stereocenters. The summed E-state index contributed by atoms with van der Waals surface area (Å²) < 4.78 is 27.0. The highest BCUT2D eigenvalue weighted by molar-refractivity contribution is 7.91. The van der Waals surface area contributed by atoms with Crippen LogP contribution in [0.3, 0.4) is 0 Å². The number of nitrogens with zero attached hydrogens (tertiary/aromatic N) is 1. The van der Waals surface area contributed by atoms with Crippen LogP contribution in [0.2, 0.25) is 0 Å². The zero-order valence-corrected chi connectivity index (χ0v) is 14.2. The largest absolute Gasteiger partial charge is 0.389 e. The lowest BCUT2D eigenvalue weighted by Gasteiger charge is -2.32. The van der Waals surface area contributed by atoms with Crippen LogP contribution in [-0.4, -0.2) is 30.8 Å². The van der Waals surface area contributed by atoms with Crippen LogP contribution in [0.25, 0.3) is 0 Å². The van der Waals surface area contributed by atoms with Gasteiger partial charge in [0, 0.05) is 13.1 Å². The number of hydrogen-bond acceptors (Lipinski definition) is 4. The summed E-state index contributed by atoms with van der Waals surface area (Å²) in [4.78, 5) is 0.894. The number of thiocarbonyl (C=S) groups is 1. The molecule has 0 radical (unpaired) electrons. The maximum Gasteiger partial charge on any atom is 0.252 e. The molecule has 2 rings (SSSR count). The van der Waals surface area contributed by atoms with E-state index in [1.165, 1.54) is 0 Å². The van der Waals surface area contributed by atoms with E-state index >= 15 is 0 Å². The normalized spacial score (nSPS) is 18.6. The van der Waals surface area contributed by atoms with Gasteiger partial charge in [-0.15, -0.1) is 11.3 Å². The second kappa shape index (κ2) is 6.09. The molecule has 0 atom stereocenters. The van der Waals surface area contributed by atoms with Crippen LogP contribution in [0.15, 0.2) is 16.3 Å². The summed E-state index contributed by atoms with van der Waals surface area (Å²) in [7, 11) is -3.39. The van der Waals surface area contributed by atoms with Crippen LogP contribution in [0, 0.1) is 11.8 Å². The van der Waals surface area contributed by atoms with E-state index in [1.54, 1.807) is 16.4 Å². The van der Waals surface area contributed by atoms with E-state index in [0.29, 0.717) is 34.0 Å². The van der Waals surface area contributed by atoms with Crippen LogP contribution in [0.4, 0.5) is 0 Å². The van der Waals surface area contributed by atoms with Crippen molar-refractivity contribution in [1.82, 2.24) is 4.31 Å². The summed E-state index contributed by atoms with van der Waals surface area (Å²) in [6.07, 6.45) is 1.87. The third kappa shape index (κ3) is 3.21. The molecular formula is C13H20N2O2S3. The number of sulfonamides is 1. The van der Waals surface area contributed by atoms with Crippen molar-refractivity contribution >= 4 is 38.6 Å². The Hall–Kier alpha value is -0.500. The highest BCUT2D eigenvalue weighted by Crippen LogP contribution is 2.30. The van der Waals surface area contributed by atoms with Crippen LogP contribution >= 0.6 is 23.6 Å². The molecule has 0 saturated carbocycles. The van der Waals surface area contributed by atoms with E-state index < -0.39 is 10.0 Å². The third-order valence-corrected chi connectivity index (χ3v) is 7.69. The van der Waals surface area contributed by atoms with Gasteiger partial charge in [0.05, 0.1) is 4.88 Å². The monoisotopic (exact) mass is 332 g/mol. The Morgan fingerprint density at radius 3 is 2.45 bits per heavy atom. The molecule has 1 saturated heterocycles. The van der Waals surface area contributed by atoms with Gasteiger partial charge in [0.15, 0.2) is 0 Å². The number of rotatable bonds is 4. The quantitative estimate of drug-likeness (QED) is 0.860. The highest BCUT2D eigenvalue weighted by Gasteiger charge is 2.31. The van der Waals surface area contributed by atoms with Gasteiger partial charge in [0.2, 0.25) is 0 Å². The van der Waals surface area contributed by atoms with Crippen LogP contribution in [-0.2, 0) is 10.0 Å². The van der Waals surface area contributed by atoms with Gasteiger partial charge < -0.3 is 5.73 Å². The van der Waals surface area contributed by atoms with Crippen LogP contribution < -0.4 is 5.73 Å². The minimum absolute atomic E-state index is 0.245. The molecule has 112 valence electrons. The second-order valence-electron chi connectivity index (χ2n) is 5.47. The van der Waals surface area contributed by atoms with Crippen molar-refractivity contribution in [3.05, 3.63) is 17.0 Å². The van der Waals surface area contributed by atoms with Crippen molar-refractivity contribution in [3.8, 4) is 0 Å². The van der Waals surface area contributed by atoms with Crippen molar-refractivity contribution in [2.75, 3.05) is 13.1 Å². The van der Waals surface area contributed by atoms with Gasteiger partial charge in [-0.1, -0.05) is 26.1 Å². The van der Waals surface area contributed by atoms with E-state index in [4.69, 9.17) is 18.0 Å². The Labute approximate surface area is 130 Å². The average Bonchev–Trinajstić information content (AvgIpc) is 2.89. The molecule has 0 spiro atoms. The first-order valence-electron chi connectivity index (χ1n) is 6.72. The van der Waals surface area contributed by atoms with Gasteiger partial charge in [-0.3, -0.25) is 0 Å². The predicted molar refractivity (Wildman–Crippen MR) is 86.5 cm³/mol. The molecule has 0 aliphatic carbocycles. The van der Waals surface area contributed by atoms with E-state index in [1.807, 2.05) is 0 Å². The fourth-order valence-electron chi connectivity index (χ4n) is 2.50. The predicted octanol–water partition coefficient (Wildman–Crippen LogP) is 2.44. The summed E-state index contributed by atoms with van der Waals surface area (Å²) >= 11 is 6.03. The first-order chi connectivity index (χ1) is 9.32. The van der Waals surface area contributed by atoms with E-state index in [0.717, 1.165) is 24.2 Å². The second-order valence-corrected chi connectivity index (χ2v) is 9.16. The van der Waals surface area contributed by atoms with Gasteiger partial charge in [-0.05, 0) is 36.8 Å². The van der Waals surface area contributed by atoms with Crippen molar-refractivity contribution in [1.29, 1.82) is 0 Å². The summed E-state index contributed by atoms with van der Waals surface area (Å²) in [5, 5.41) is 0. The minimum Gasteiger partial charge on any atom is -0.389 e. The zero-order valence-electron chi connectivity index (χ0n) is 11.7. The van der Waals surface area contributed by atoms with Gasteiger partial charge >= 0.3 is 0 Å². The zero-order chi connectivity index (χ0) is 14.9. The third-order valence-electron chi connectivity index (χ3n) is 3.86. The Morgan fingerprint density at radius 1 is 1.40 bits per heavy atom. The van der Waals surface area contributed by atoms with Crippen LogP contribution in [0.1, 0.15) is 31.6 Å². The number of piperidine rings is 1. The standard InChI is InChI=1S/C13H20N2O2S3/c1-9(2)10-5-7-15(8-6-10)20(16,17)12-4-3-11(19-12)13(14)18/h3-4,9-10H,5-8H2,1-2H3,(H2,14,18). The smallest absolute Gasteiger partial charge is 0.252 e. The number of hydrogen-bond donors (Lipinski definition) is 1. The molecule has 1 aliphatic heterocycles. The highest BCUT2D eigenvalue weighted by atomic mass is 32.2. The maximum atomic E-state index is 12.6. The SMILES string of the molecule is CC(C)C1CCN(S(=O)(=O)c2ccc(C(N)=S)s2)CC1. The summed E-state index contributed by atoms with van der Waals surface area (Å²) in [5.41, 5.74) is 5.53. The summed E-state index contributed by atoms with van der Waals surface area (Å²) in [6.45, 7) is 5.60. The maximum absolute atomic E-state index is 12.6. The van der Waals surface area contributed by atoms with Gasteiger partial charge in [0.1, 0.15) is 9.20 Å². The molecule has 2 N–H and O–H groups in total. The minimum atomic E-state index is -3.39. The summed E-state index contributed by atoms with van der Waals surface area (Å²) in [6, 6.07) is 3.28. The van der Waals surface area contributed by atoms with Gasteiger partial charge in [-0.2, -0.15) is 4.31 Å². The first kappa shape index (κ1) is 15.9. The lowest BCUT2D eigenvalue weighted by atomic mass is 9.87.